The third-order valence-corrected chi connectivity index (χ3v) is 2.70. The zero-order chi connectivity index (χ0) is 11.2. The molecule has 6 heteroatoms. The van der Waals surface area contributed by atoms with Gasteiger partial charge < -0.3 is 10.4 Å². The second-order valence-corrected chi connectivity index (χ2v) is 4.13. The van der Waals surface area contributed by atoms with Crippen LogP contribution >= 0.6 is 15.9 Å². The molecule has 0 spiro atoms. The molecule has 1 unspecified atom stereocenters. The van der Waals surface area contributed by atoms with E-state index in [2.05, 4.69) is 15.9 Å². The summed E-state index contributed by atoms with van der Waals surface area (Å²) in [5.74, 6) is -5.27. The van der Waals surface area contributed by atoms with Crippen molar-refractivity contribution >= 4 is 27.5 Å². The Morgan fingerprint density at radius 2 is 2.13 bits per heavy atom. The highest BCUT2D eigenvalue weighted by molar-refractivity contribution is 9.10. The Morgan fingerprint density at radius 1 is 1.47 bits per heavy atom. The molecular weight excluding hydrogens is 272 g/mol. The Morgan fingerprint density at radius 3 is 2.80 bits per heavy atom. The lowest BCUT2D eigenvalue weighted by Gasteiger charge is -2.29. The van der Waals surface area contributed by atoms with Crippen molar-refractivity contribution in [1.82, 2.24) is 0 Å². The Hall–Kier alpha value is -1.01. The quantitative estimate of drug-likeness (QED) is 0.763. The maximum Gasteiger partial charge on any atom is 0.354 e. The van der Waals surface area contributed by atoms with Crippen molar-refractivity contribution in [1.29, 1.82) is 0 Å². The Bertz CT molecular complexity index is 436. The monoisotopic (exact) mass is 277 g/mol. The minimum atomic E-state index is -3.78. The van der Waals surface area contributed by atoms with E-state index in [4.69, 9.17) is 0 Å². The number of halogens is 3. The fourth-order valence-corrected chi connectivity index (χ4v) is 1.78. The molecule has 0 aliphatic carbocycles. The van der Waals surface area contributed by atoms with E-state index in [1.54, 1.807) is 6.07 Å². The number of aliphatic hydroxyl groups excluding tert-OH is 1. The number of hydrogen-bond donors (Lipinski definition) is 2. The predicted octanol–water partition coefficient (Wildman–Crippen LogP) is 2.07. The third kappa shape index (κ3) is 1.53. The first-order valence-electron chi connectivity index (χ1n) is 4.09. The molecule has 1 aliphatic heterocycles. The lowest BCUT2D eigenvalue weighted by Crippen LogP contribution is -2.44. The molecule has 0 saturated heterocycles. The zero-order valence-electron chi connectivity index (χ0n) is 7.30. The summed E-state index contributed by atoms with van der Waals surface area (Å²) in [5.41, 5.74) is 0.218. The first-order valence-corrected chi connectivity index (χ1v) is 4.89. The molecule has 80 valence electrons. The average molecular weight is 278 g/mol. The van der Waals surface area contributed by atoms with E-state index in [9.17, 15) is 18.7 Å². The van der Waals surface area contributed by atoms with Gasteiger partial charge in [-0.2, -0.15) is 8.78 Å². The van der Waals surface area contributed by atoms with E-state index in [1.165, 1.54) is 12.1 Å². The smallest absolute Gasteiger partial charge is 0.354 e. The maximum absolute atomic E-state index is 13.1. The minimum absolute atomic E-state index is 0.00831. The topological polar surface area (TPSA) is 49.3 Å². The first-order chi connectivity index (χ1) is 6.93. The van der Waals surface area contributed by atoms with Gasteiger partial charge in [0.1, 0.15) is 0 Å². The molecule has 2 N–H and O–H groups in total. The molecule has 1 aliphatic rings. The standard InChI is InChI=1S/C9H6BrF2NO2/c10-4-1-2-6-5(3-4)7(14)9(11,12)8(15)13-6/h1-3,7,14H,(H,13,15). The highest BCUT2D eigenvalue weighted by Crippen LogP contribution is 2.41. The number of fused-ring (bicyclic) bond motifs is 1. The van der Waals surface area contributed by atoms with Crippen molar-refractivity contribution in [3.63, 3.8) is 0 Å². The number of anilines is 1. The number of alkyl halides is 2. The van der Waals surface area contributed by atoms with Gasteiger partial charge in [-0.15, -0.1) is 0 Å². The molecule has 1 aromatic rings. The van der Waals surface area contributed by atoms with E-state index < -0.39 is 17.9 Å². The molecule has 0 radical (unpaired) electrons. The van der Waals surface area contributed by atoms with Crippen molar-refractivity contribution < 1.29 is 18.7 Å². The molecule has 0 saturated carbocycles. The van der Waals surface area contributed by atoms with E-state index in [0.29, 0.717) is 4.47 Å². The molecule has 3 nitrogen and oxygen atoms in total. The van der Waals surface area contributed by atoms with Crippen LogP contribution in [0.4, 0.5) is 14.5 Å². The van der Waals surface area contributed by atoms with Gasteiger partial charge in [0.15, 0.2) is 6.10 Å². The molecular formula is C9H6BrF2NO2. The fourth-order valence-electron chi connectivity index (χ4n) is 1.40. The Labute approximate surface area is 92.2 Å². The number of rotatable bonds is 0. The van der Waals surface area contributed by atoms with E-state index in [-0.39, 0.29) is 11.3 Å². The number of carbonyl (C=O) groups is 1. The van der Waals surface area contributed by atoms with Gasteiger partial charge in [-0.05, 0) is 18.2 Å². The minimum Gasteiger partial charge on any atom is -0.381 e. The maximum atomic E-state index is 13.1. The van der Waals surface area contributed by atoms with Crippen molar-refractivity contribution in [3.05, 3.63) is 28.2 Å². The van der Waals surface area contributed by atoms with Gasteiger partial charge in [-0.1, -0.05) is 15.9 Å². The highest BCUT2D eigenvalue weighted by Gasteiger charge is 2.51. The van der Waals surface area contributed by atoms with Crippen molar-refractivity contribution in [2.45, 2.75) is 12.0 Å². The number of hydrogen-bond acceptors (Lipinski definition) is 2. The van der Waals surface area contributed by atoms with Crippen LogP contribution in [0.15, 0.2) is 22.7 Å². The van der Waals surface area contributed by atoms with Crippen LogP contribution < -0.4 is 5.32 Å². The van der Waals surface area contributed by atoms with E-state index in [0.717, 1.165) is 0 Å². The van der Waals surface area contributed by atoms with Crippen LogP contribution in [0, 0.1) is 0 Å². The van der Waals surface area contributed by atoms with Crippen LogP contribution in [-0.4, -0.2) is 16.9 Å². The molecule has 15 heavy (non-hydrogen) atoms. The summed E-state index contributed by atoms with van der Waals surface area (Å²) < 4.78 is 26.8. The summed E-state index contributed by atoms with van der Waals surface area (Å²) in [6.45, 7) is 0. The van der Waals surface area contributed by atoms with Crippen LogP contribution in [0.1, 0.15) is 11.7 Å². The number of nitrogens with one attached hydrogen (secondary N) is 1. The molecule has 1 atom stereocenters. The fraction of sp³-hybridized carbons (Fsp3) is 0.222. The number of amides is 1. The van der Waals surface area contributed by atoms with Crippen LogP contribution in [0.25, 0.3) is 0 Å². The molecule has 0 aromatic heterocycles. The second kappa shape index (κ2) is 3.24. The third-order valence-electron chi connectivity index (χ3n) is 2.20. The predicted molar refractivity (Wildman–Crippen MR) is 52.7 cm³/mol. The summed E-state index contributed by atoms with van der Waals surface area (Å²) in [7, 11) is 0. The van der Waals surface area contributed by atoms with Gasteiger partial charge in [0.25, 0.3) is 5.91 Å². The van der Waals surface area contributed by atoms with E-state index in [1.807, 2.05) is 5.32 Å². The normalized spacial score (nSPS) is 23.2. The molecule has 1 amide bonds. The summed E-state index contributed by atoms with van der Waals surface area (Å²) in [6.07, 6.45) is -2.10. The van der Waals surface area contributed by atoms with Gasteiger partial charge in [-0.25, -0.2) is 0 Å². The molecule has 0 fully saturated rings. The van der Waals surface area contributed by atoms with Crippen LogP contribution in [-0.2, 0) is 4.79 Å². The first kappa shape index (κ1) is 10.5. The van der Waals surface area contributed by atoms with Crippen LogP contribution in [0.5, 0.6) is 0 Å². The zero-order valence-corrected chi connectivity index (χ0v) is 8.88. The van der Waals surface area contributed by atoms with Crippen LogP contribution in [0.3, 0.4) is 0 Å². The summed E-state index contributed by atoms with van der Waals surface area (Å²) in [4.78, 5) is 10.9. The van der Waals surface area contributed by atoms with Crippen molar-refractivity contribution in [2.75, 3.05) is 5.32 Å². The van der Waals surface area contributed by atoms with Gasteiger partial charge in [0.2, 0.25) is 0 Å². The number of aliphatic hydroxyl groups is 1. The molecule has 1 heterocycles. The van der Waals surface area contributed by atoms with Gasteiger partial charge >= 0.3 is 5.92 Å². The Kier molecular flexibility index (Phi) is 2.27. The Balaban J connectivity index is 2.57. The van der Waals surface area contributed by atoms with Gasteiger partial charge in [-0.3, -0.25) is 4.79 Å². The van der Waals surface area contributed by atoms with Crippen molar-refractivity contribution in [3.8, 4) is 0 Å². The number of benzene rings is 1. The van der Waals surface area contributed by atoms with Crippen LogP contribution in [0.2, 0.25) is 0 Å². The summed E-state index contributed by atoms with van der Waals surface area (Å²) in [5, 5.41) is 11.4. The number of carbonyl (C=O) groups excluding carboxylic acids is 1. The summed E-state index contributed by atoms with van der Waals surface area (Å²) >= 11 is 3.10. The second-order valence-electron chi connectivity index (χ2n) is 3.21. The molecule has 0 bridgehead atoms. The lowest BCUT2D eigenvalue weighted by molar-refractivity contribution is -0.159. The average Bonchev–Trinajstić information content (AvgIpc) is 2.17. The van der Waals surface area contributed by atoms with Gasteiger partial charge in [0, 0.05) is 15.7 Å². The van der Waals surface area contributed by atoms with Crippen molar-refractivity contribution in [2.24, 2.45) is 0 Å². The van der Waals surface area contributed by atoms with Gasteiger partial charge in [0.05, 0.1) is 0 Å². The summed E-state index contributed by atoms with van der Waals surface area (Å²) in [6, 6.07) is 4.40. The van der Waals surface area contributed by atoms with E-state index >= 15 is 0 Å². The lowest BCUT2D eigenvalue weighted by atomic mass is 9.97. The SMILES string of the molecule is O=C1Nc2ccc(Br)cc2C(O)C1(F)F. The highest BCUT2D eigenvalue weighted by atomic mass is 79.9. The largest absolute Gasteiger partial charge is 0.381 e. The molecule has 1 aromatic carbocycles. The molecule has 2 rings (SSSR count).